The van der Waals surface area contributed by atoms with Crippen LogP contribution in [0.25, 0.3) is 0 Å². The number of carbonyl (C=O) groups is 1. The molecule has 2 aliphatic rings. The summed E-state index contributed by atoms with van der Waals surface area (Å²) >= 11 is 6.02. The average molecular weight is 346 g/mol. The van der Waals surface area contributed by atoms with Crippen LogP contribution in [-0.4, -0.2) is 43.7 Å². The number of nitrogens with one attached hydrogen (secondary N) is 2. The molecular weight excluding hydrogens is 326 g/mol. The summed E-state index contributed by atoms with van der Waals surface area (Å²) in [6.45, 7) is 3.79. The maximum Gasteiger partial charge on any atom is 0.253 e. The van der Waals surface area contributed by atoms with Gasteiger partial charge in [0.15, 0.2) is 0 Å². The van der Waals surface area contributed by atoms with Crippen molar-refractivity contribution in [1.29, 1.82) is 0 Å². The number of aromatic nitrogens is 1. The van der Waals surface area contributed by atoms with E-state index >= 15 is 0 Å². The Morgan fingerprint density at radius 2 is 1.92 bits per heavy atom. The number of amides is 1. The smallest absolute Gasteiger partial charge is 0.253 e. The van der Waals surface area contributed by atoms with E-state index in [0.717, 1.165) is 54.8 Å². The number of rotatable bonds is 2. The molecular formula is C18H20ClN3O2. The SMILES string of the molecule is O=C1NCCC(c2ccc(Cl)cc2)c2[nH]c(N3CCOCC3)cc21. The third kappa shape index (κ3) is 2.89. The predicted molar refractivity (Wildman–Crippen MR) is 94.1 cm³/mol. The summed E-state index contributed by atoms with van der Waals surface area (Å²) in [4.78, 5) is 18.2. The number of benzene rings is 1. The van der Waals surface area contributed by atoms with Crippen molar-refractivity contribution in [2.24, 2.45) is 0 Å². The Kier molecular flexibility index (Phi) is 4.21. The van der Waals surface area contributed by atoms with Gasteiger partial charge in [0.25, 0.3) is 5.91 Å². The van der Waals surface area contributed by atoms with Gasteiger partial charge in [0.05, 0.1) is 18.8 Å². The summed E-state index contributed by atoms with van der Waals surface area (Å²) < 4.78 is 5.42. The monoisotopic (exact) mass is 345 g/mol. The first-order valence-corrected chi connectivity index (χ1v) is 8.69. The van der Waals surface area contributed by atoms with Gasteiger partial charge in [-0.25, -0.2) is 0 Å². The Bertz CT molecular complexity index is 735. The van der Waals surface area contributed by atoms with Gasteiger partial charge in [-0.15, -0.1) is 0 Å². The molecule has 126 valence electrons. The number of carbonyl (C=O) groups excluding carboxylic acids is 1. The van der Waals surface area contributed by atoms with Crippen molar-refractivity contribution in [1.82, 2.24) is 10.3 Å². The number of hydrogen-bond acceptors (Lipinski definition) is 3. The van der Waals surface area contributed by atoms with Crippen LogP contribution in [0.4, 0.5) is 5.82 Å². The van der Waals surface area contributed by atoms with E-state index in [1.165, 1.54) is 5.56 Å². The molecule has 24 heavy (non-hydrogen) atoms. The lowest BCUT2D eigenvalue weighted by Crippen LogP contribution is -2.36. The fraction of sp³-hybridized carbons (Fsp3) is 0.389. The third-order valence-corrected chi connectivity index (χ3v) is 5.02. The Hall–Kier alpha value is -1.98. The zero-order valence-corrected chi connectivity index (χ0v) is 14.1. The van der Waals surface area contributed by atoms with E-state index in [-0.39, 0.29) is 11.8 Å². The Labute approximate surface area is 145 Å². The van der Waals surface area contributed by atoms with E-state index in [2.05, 4.69) is 15.2 Å². The van der Waals surface area contributed by atoms with Gasteiger partial charge in [0.2, 0.25) is 0 Å². The van der Waals surface area contributed by atoms with E-state index in [0.29, 0.717) is 6.54 Å². The standard InChI is InChI=1S/C18H20ClN3O2/c19-13-3-1-12(2-4-13)14-5-6-20-18(23)15-11-16(21-17(14)15)22-7-9-24-10-8-22/h1-4,11,14,21H,5-10H2,(H,20,23). The molecule has 0 aliphatic carbocycles. The van der Waals surface area contributed by atoms with Gasteiger partial charge in [-0.2, -0.15) is 0 Å². The highest BCUT2D eigenvalue weighted by Gasteiger charge is 2.28. The van der Waals surface area contributed by atoms with Crippen LogP contribution in [0.2, 0.25) is 5.02 Å². The van der Waals surface area contributed by atoms with Crippen LogP contribution >= 0.6 is 11.6 Å². The maximum atomic E-state index is 12.4. The number of aromatic amines is 1. The van der Waals surface area contributed by atoms with Gasteiger partial charge in [-0.1, -0.05) is 23.7 Å². The van der Waals surface area contributed by atoms with Gasteiger partial charge >= 0.3 is 0 Å². The molecule has 2 N–H and O–H groups in total. The second-order valence-corrected chi connectivity index (χ2v) is 6.67. The number of anilines is 1. The Balaban J connectivity index is 1.73. The van der Waals surface area contributed by atoms with Crippen LogP contribution in [0, 0.1) is 0 Å². The zero-order valence-electron chi connectivity index (χ0n) is 13.3. The predicted octanol–water partition coefficient (Wildman–Crippen LogP) is 2.77. The fourth-order valence-corrected chi connectivity index (χ4v) is 3.62. The molecule has 1 amide bonds. The molecule has 1 atom stereocenters. The molecule has 1 fully saturated rings. The van der Waals surface area contributed by atoms with Crippen molar-refractivity contribution in [2.75, 3.05) is 37.7 Å². The summed E-state index contributed by atoms with van der Waals surface area (Å²) in [7, 11) is 0. The zero-order chi connectivity index (χ0) is 16.5. The summed E-state index contributed by atoms with van der Waals surface area (Å²) in [5.74, 6) is 1.16. The number of ether oxygens (including phenoxy) is 1. The maximum absolute atomic E-state index is 12.4. The number of hydrogen-bond donors (Lipinski definition) is 2. The van der Waals surface area contributed by atoms with Crippen molar-refractivity contribution < 1.29 is 9.53 Å². The lowest BCUT2D eigenvalue weighted by molar-refractivity contribution is 0.0956. The molecule has 0 saturated carbocycles. The van der Waals surface area contributed by atoms with Gasteiger partial charge in [-0.3, -0.25) is 4.79 Å². The minimum absolute atomic E-state index is 0.00257. The molecule has 6 heteroatoms. The van der Waals surface area contributed by atoms with Crippen LogP contribution in [0.5, 0.6) is 0 Å². The normalized spacial score (nSPS) is 21.1. The summed E-state index contributed by atoms with van der Waals surface area (Å²) in [5.41, 5.74) is 2.91. The molecule has 1 aromatic heterocycles. The van der Waals surface area contributed by atoms with E-state index in [1.807, 2.05) is 30.3 Å². The highest BCUT2D eigenvalue weighted by molar-refractivity contribution is 6.30. The fourth-order valence-electron chi connectivity index (χ4n) is 3.49. The second-order valence-electron chi connectivity index (χ2n) is 6.23. The lowest BCUT2D eigenvalue weighted by atomic mass is 9.91. The quantitative estimate of drug-likeness (QED) is 0.880. The number of H-pyrrole nitrogens is 1. The number of fused-ring (bicyclic) bond motifs is 1. The topological polar surface area (TPSA) is 57.4 Å². The van der Waals surface area contributed by atoms with E-state index < -0.39 is 0 Å². The Morgan fingerprint density at radius 3 is 2.67 bits per heavy atom. The van der Waals surface area contributed by atoms with Gasteiger partial charge in [-0.05, 0) is 30.2 Å². The molecule has 2 aromatic rings. The molecule has 0 bridgehead atoms. The van der Waals surface area contributed by atoms with E-state index in [9.17, 15) is 4.79 Å². The second kappa shape index (κ2) is 6.49. The molecule has 5 nitrogen and oxygen atoms in total. The van der Waals surface area contributed by atoms with Crippen molar-refractivity contribution in [2.45, 2.75) is 12.3 Å². The number of nitrogens with zero attached hydrogens (tertiary/aromatic N) is 1. The van der Waals surface area contributed by atoms with Crippen molar-refractivity contribution in [3.63, 3.8) is 0 Å². The molecule has 1 unspecified atom stereocenters. The highest BCUT2D eigenvalue weighted by atomic mass is 35.5. The van der Waals surface area contributed by atoms with Crippen LogP contribution in [0.3, 0.4) is 0 Å². The molecule has 4 rings (SSSR count). The van der Waals surface area contributed by atoms with Crippen LogP contribution in [0.1, 0.15) is 34.0 Å². The molecule has 1 saturated heterocycles. The third-order valence-electron chi connectivity index (χ3n) is 4.77. The van der Waals surface area contributed by atoms with Crippen molar-refractivity contribution >= 4 is 23.3 Å². The lowest BCUT2D eigenvalue weighted by Gasteiger charge is -2.27. The average Bonchev–Trinajstić information content (AvgIpc) is 2.99. The van der Waals surface area contributed by atoms with E-state index in [1.54, 1.807) is 0 Å². The van der Waals surface area contributed by atoms with Crippen LogP contribution in [-0.2, 0) is 4.74 Å². The molecule has 1 aromatic carbocycles. The summed E-state index contributed by atoms with van der Waals surface area (Å²) in [5, 5.41) is 3.72. The number of morpholine rings is 1. The number of halogens is 1. The Morgan fingerprint density at radius 1 is 1.17 bits per heavy atom. The van der Waals surface area contributed by atoms with Gasteiger partial charge in [0.1, 0.15) is 5.82 Å². The molecule has 3 heterocycles. The van der Waals surface area contributed by atoms with Gasteiger partial charge < -0.3 is 19.9 Å². The highest BCUT2D eigenvalue weighted by Crippen LogP contribution is 2.34. The molecule has 0 spiro atoms. The summed E-state index contributed by atoms with van der Waals surface area (Å²) in [6.07, 6.45) is 0.865. The first-order valence-electron chi connectivity index (χ1n) is 8.31. The minimum Gasteiger partial charge on any atom is -0.378 e. The van der Waals surface area contributed by atoms with Gasteiger partial charge in [0, 0.05) is 36.3 Å². The van der Waals surface area contributed by atoms with Crippen LogP contribution in [0.15, 0.2) is 30.3 Å². The summed E-state index contributed by atoms with van der Waals surface area (Å²) in [6, 6.07) is 9.87. The first-order chi connectivity index (χ1) is 11.7. The van der Waals surface area contributed by atoms with E-state index in [4.69, 9.17) is 16.3 Å². The molecule has 2 aliphatic heterocycles. The largest absolute Gasteiger partial charge is 0.378 e. The minimum atomic E-state index is -0.00257. The van der Waals surface area contributed by atoms with Crippen molar-refractivity contribution in [3.8, 4) is 0 Å². The van der Waals surface area contributed by atoms with Crippen LogP contribution < -0.4 is 10.2 Å². The first kappa shape index (κ1) is 15.5. The molecule has 0 radical (unpaired) electrons. The van der Waals surface area contributed by atoms with Crippen molar-refractivity contribution in [3.05, 3.63) is 52.2 Å².